The lowest BCUT2D eigenvalue weighted by molar-refractivity contribution is 0.103. The molecular weight excluding hydrogens is 424 g/mol. The third-order valence-electron chi connectivity index (χ3n) is 4.96. The number of hydrogen-bond acceptors (Lipinski definition) is 6. The number of carbonyl (C=O) groups excluding carboxylic acids is 2. The van der Waals surface area contributed by atoms with Crippen molar-refractivity contribution in [1.29, 1.82) is 0 Å². The second kappa shape index (κ2) is 11.2. The first-order chi connectivity index (χ1) is 16.7. The number of benzene rings is 2. The van der Waals surface area contributed by atoms with Gasteiger partial charge in [-0.25, -0.2) is 0 Å². The van der Waals surface area contributed by atoms with E-state index in [0.29, 0.717) is 11.1 Å². The molecule has 0 spiro atoms. The summed E-state index contributed by atoms with van der Waals surface area (Å²) in [5, 5.41) is 6.21. The topological polar surface area (TPSA) is 84.0 Å². The van der Waals surface area contributed by atoms with Crippen molar-refractivity contribution in [1.82, 2.24) is 9.97 Å². The Morgan fingerprint density at radius 1 is 0.588 bits per heavy atom. The summed E-state index contributed by atoms with van der Waals surface area (Å²) in [5.74, 6) is -0.218. The van der Waals surface area contributed by atoms with Gasteiger partial charge in [0.15, 0.2) is 11.6 Å². The molecule has 0 atom stereocenters. The van der Waals surface area contributed by atoms with E-state index < -0.39 is 0 Å². The summed E-state index contributed by atoms with van der Waals surface area (Å²) in [6.45, 7) is 0. The van der Waals surface area contributed by atoms with Crippen LogP contribution in [0.25, 0.3) is 11.1 Å². The molecule has 166 valence electrons. The molecule has 0 amide bonds. The number of ketones is 2. The molecule has 2 aromatic carbocycles. The number of carbonyl (C=O) groups is 2. The van der Waals surface area contributed by atoms with Crippen LogP contribution in [0.15, 0.2) is 122 Å². The zero-order valence-corrected chi connectivity index (χ0v) is 18.3. The normalized spacial score (nSPS) is 10.9. The standard InChI is InChI=1S/C28H22N4O2/c33-27(23-3-1-15-29-19-23)13-17-31-25-9-5-21(6-10-25)22-7-11-26(12-8-22)32-18-14-28(34)24-4-2-16-30-20-24/h1-20,31-32H. The van der Waals surface area contributed by atoms with Gasteiger partial charge in [-0.15, -0.1) is 0 Å². The maximum Gasteiger partial charge on any atom is 0.188 e. The molecule has 6 nitrogen and oxygen atoms in total. The van der Waals surface area contributed by atoms with Crippen molar-refractivity contribution in [3.63, 3.8) is 0 Å². The minimum Gasteiger partial charge on any atom is -0.362 e. The van der Waals surface area contributed by atoms with Gasteiger partial charge in [0.25, 0.3) is 0 Å². The second-order valence-electron chi connectivity index (χ2n) is 7.32. The molecule has 4 aromatic rings. The van der Waals surface area contributed by atoms with Crippen LogP contribution < -0.4 is 10.6 Å². The molecule has 4 rings (SSSR count). The molecule has 0 aliphatic heterocycles. The lowest BCUT2D eigenvalue weighted by Crippen LogP contribution is -1.96. The number of aromatic nitrogens is 2. The highest BCUT2D eigenvalue weighted by Gasteiger charge is 2.02. The number of anilines is 2. The van der Waals surface area contributed by atoms with E-state index in [1.807, 2.05) is 48.5 Å². The van der Waals surface area contributed by atoms with Crippen LogP contribution in [-0.4, -0.2) is 21.5 Å². The minimum absolute atomic E-state index is 0.109. The molecule has 0 fully saturated rings. The van der Waals surface area contributed by atoms with Crippen LogP contribution >= 0.6 is 0 Å². The van der Waals surface area contributed by atoms with Gasteiger partial charge in [-0.05, 0) is 59.7 Å². The summed E-state index contributed by atoms with van der Waals surface area (Å²) < 4.78 is 0. The summed E-state index contributed by atoms with van der Waals surface area (Å²) in [6, 6.07) is 22.8. The third-order valence-corrected chi connectivity index (χ3v) is 4.96. The lowest BCUT2D eigenvalue weighted by Gasteiger charge is -2.06. The van der Waals surface area contributed by atoms with Crippen molar-refractivity contribution >= 4 is 22.9 Å². The average molecular weight is 447 g/mol. The summed E-state index contributed by atoms with van der Waals surface area (Å²) in [7, 11) is 0. The van der Waals surface area contributed by atoms with Gasteiger partial charge in [-0.3, -0.25) is 19.6 Å². The van der Waals surface area contributed by atoms with Gasteiger partial charge in [0, 0.05) is 71.8 Å². The quantitative estimate of drug-likeness (QED) is 0.251. The van der Waals surface area contributed by atoms with Gasteiger partial charge in [0.1, 0.15) is 0 Å². The monoisotopic (exact) mass is 446 g/mol. The zero-order valence-electron chi connectivity index (χ0n) is 18.3. The molecule has 6 heteroatoms. The summed E-state index contributed by atoms with van der Waals surface area (Å²) in [4.78, 5) is 32.0. The highest BCUT2D eigenvalue weighted by atomic mass is 16.1. The Balaban J connectivity index is 1.30. The number of allylic oxidation sites excluding steroid dienone is 2. The van der Waals surface area contributed by atoms with Gasteiger partial charge in [-0.1, -0.05) is 24.3 Å². The van der Waals surface area contributed by atoms with E-state index in [0.717, 1.165) is 22.5 Å². The molecular formula is C28H22N4O2. The van der Waals surface area contributed by atoms with E-state index in [-0.39, 0.29) is 11.6 Å². The predicted octanol–water partition coefficient (Wildman–Crippen LogP) is 5.76. The Bertz CT molecular complexity index is 1190. The van der Waals surface area contributed by atoms with Crippen LogP contribution in [0.3, 0.4) is 0 Å². The number of nitrogens with zero attached hydrogens (tertiary/aromatic N) is 2. The van der Waals surface area contributed by atoms with Crippen molar-refractivity contribution in [2.24, 2.45) is 0 Å². The van der Waals surface area contributed by atoms with Crippen LogP contribution in [0.1, 0.15) is 20.7 Å². The van der Waals surface area contributed by atoms with Crippen LogP contribution in [0.5, 0.6) is 0 Å². The van der Waals surface area contributed by atoms with E-state index in [1.165, 1.54) is 12.2 Å². The van der Waals surface area contributed by atoms with Crippen LogP contribution in [-0.2, 0) is 0 Å². The van der Waals surface area contributed by atoms with Crippen molar-refractivity contribution < 1.29 is 9.59 Å². The van der Waals surface area contributed by atoms with Crippen molar-refractivity contribution in [2.75, 3.05) is 10.6 Å². The van der Waals surface area contributed by atoms with E-state index in [2.05, 4.69) is 20.6 Å². The van der Waals surface area contributed by atoms with Crippen molar-refractivity contribution in [3.8, 4) is 11.1 Å². The molecule has 0 radical (unpaired) electrons. The average Bonchev–Trinajstić information content (AvgIpc) is 2.90. The zero-order chi connectivity index (χ0) is 23.6. The molecule has 2 N–H and O–H groups in total. The molecule has 2 heterocycles. The Morgan fingerprint density at radius 2 is 1.00 bits per heavy atom. The first kappa shape index (κ1) is 22.4. The highest BCUT2D eigenvalue weighted by Crippen LogP contribution is 2.23. The number of hydrogen-bond donors (Lipinski definition) is 2. The number of rotatable bonds is 9. The van der Waals surface area contributed by atoms with Gasteiger partial charge >= 0.3 is 0 Å². The fourth-order valence-electron chi connectivity index (χ4n) is 3.15. The lowest BCUT2D eigenvalue weighted by atomic mass is 10.1. The van der Waals surface area contributed by atoms with Crippen LogP contribution in [0.4, 0.5) is 11.4 Å². The Labute approximate surface area is 197 Å². The van der Waals surface area contributed by atoms with E-state index in [9.17, 15) is 9.59 Å². The number of pyridine rings is 2. The summed E-state index contributed by atoms with van der Waals surface area (Å²) in [6.07, 6.45) is 12.6. The Kier molecular flexibility index (Phi) is 7.33. The first-order valence-electron chi connectivity index (χ1n) is 10.6. The smallest absolute Gasteiger partial charge is 0.188 e. The van der Waals surface area contributed by atoms with Crippen LogP contribution in [0.2, 0.25) is 0 Å². The van der Waals surface area contributed by atoms with Crippen molar-refractivity contribution in [3.05, 3.63) is 133 Å². The molecule has 0 bridgehead atoms. The van der Waals surface area contributed by atoms with E-state index in [1.54, 1.807) is 61.5 Å². The van der Waals surface area contributed by atoms with Gasteiger partial charge in [-0.2, -0.15) is 0 Å². The molecule has 0 saturated carbocycles. The molecule has 0 unspecified atom stereocenters. The first-order valence-corrected chi connectivity index (χ1v) is 10.6. The third kappa shape index (κ3) is 6.11. The molecule has 2 aromatic heterocycles. The fourth-order valence-corrected chi connectivity index (χ4v) is 3.15. The maximum absolute atomic E-state index is 12.1. The SMILES string of the molecule is O=C(C=CNc1ccc(-c2ccc(NC=CC(=O)c3cccnc3)cc2)cc1)c1cccnc1. The molecule has 0 saturated heterocycles. The van der Waals surface area contributed by atoms with Crippen LogP contribution in [0, 0.1) is 0 Å². The fraction of sp³-hybridized carbons (Fsp3) is 0. The van der Waals surface area contributed by atoms with Crippen molar-refractivity contribution in [2.45, 2.75) is 0 Å². The largest absolute Gasteiger partial charge is 0.362 e. The Morgan fingerprint density at radius 3 is 1.35 bits per heavy atom. The maximum atomic E-state index is 12.1. The highest BCUT2D eigenvalue weighted by molar-refractivity contribution is 6.04. The van der Waals surface area contributed by atoms with E-state index >= 15 is 0 Å². The Hall–Kier alpha value is -4.84. The minimum atomic E-state index is -0.109. The predicted molar refractivity (Wildman–Crippen MR) is 135 cm³/mol. The second-order valence-corrected chi connectivity index (χ2v) is 7.32. The number of nitrogens with one attached hydrogen (secondary N) is 2. The van der Waals surface area contributed by atoms with E-state index in [4.69, 9.17) is 0 Å². The molecule has 0 aliphatic rings. The molecule has 34 heavy (non-hydrogen) atoms. The van der Waals surface area contributed by atoms with Gasteiger partial charge < -0.3 is 10.6 Å². The summed E-state index contributed by atoms with van der Waals surface area (Å²) in [5.41, 5.74) is 4.97. The molecule has 0 aliphatic carbocycles. The summed E-state index contributed by atoms with van der Waals surface area (Å²) >= 11 is 0. The van der Waals surface area contributed by atoms with Gasteiger partial charge in [0.2, 0.25) is 0 Å². The van der Waals surface area contributed by atoms with Gasteiger partial charge in [0.05, 0.1) is 0 Å².